The second kappa shape index (κ2) is 10.0. The van der Waals surface area contributed by atoms with Crippen LogP contribution >= 0.6 is 0 Å². The van der Waals surface area contributed by atoms with Crippen molar-refractivity contribution < 1.29 is 14.3 Å². The van der Waals surface area contributed by atoms with Gasteiger partial charge in [0.25, 0.3) is 5.78 Å². The molecule has 0 radical (unpaired) electrons. The molecule has 4 heterocycles. The summed E-state index contributed by atoms with van der Waals surface area (Å²) in [5.74, 6) is 2.96. The third-order valence-corrected chi connectivity index (χ3v) is 7.14. The van der Waals surface area contributed by atoms with Gasteiger partial charge in [-0.3, -0.25) is 0 Å². The van der Waals surface area contributed by atoms with Gasteiger partial charge in [-0.05, 0) is 50.3 Å². The van der Waals surface area contributed by atoms with E-state index in [-0.39, 0.29) is 6.09 Å². The van der Waals surface area contributed by atoms with Gasteiger partial charge in [0.15, 0.2) is 0 Å². The molecular weight excluding hydrogens is 434 g/mol. The largest absolute Gasteiger partial charge is 0.501 e. The molecule has 2 fully saturated rings. The van der Waals surface area contributed by atoms with Crippen molar-refractivity contribution in [2.45, 2.75) is 44.6 Å². The zero-order valence-electron chi connectivity index (χ0n) is 19.7. The van der Waals surface area contributed by atoms with E-state index in [2.05, 4.69) is 26.0 Å². The minimum atomic E-state index is -0.252. The zero-order chi connectivity index (χ0) is 23.5. The Morgan fingerprint density at radius 3 is 3.03 bits per heavy atom. The fraction of sp³-hybridized carbons (Fsp3) is 0.583. The highest BCUT2D eigenvalue weighted by Gasteiger charge is 2.37. The van der Waals surface area contributed by atoms with E-state index in [1.165, 1.54) is 5.57 Å². The highest BCUT2D eigenvalue weighted by molar-refractivity contribution is 5.69. The van der Waals surface area contributed by atoms with Gasteiger partial charge in [0.05, 0.1) is 20.3 Å². The first-order chi connectivity index (χ1) is 16.7. The second-order valence-corrected chi connectivity index (χ2v) is 9.13. The van der Waals surface area contributed by atoms with Gasteiger partial charge in [0.1, 0.15) is 17.9 Å². The number of amides is 1. The van der Waals surface area contributed by atoms with E-state index in [4.69, 9.17) is 15.2 Å². The third-order valence-electron chi connectivity index (χ3n) is 7.14. The average molecular weight is 468 g/mol. The molecule has 2 N–H and O–H groups in total. The van der Waals surface area contributed by atoms with E-state index in [0.29, 0.717) is 44.0 Å². The monoisotopic (exact) mass is 467 g/mol. The lowest BCUT2D eigenvalue weighted by Gasteiger charge is -2.38. The quantitative estimate of drug-likeness (QED) is 0.619. The average Bonchev–Trinajstić information content (AvgIpc) is 3.55. The number of allylic oxidation sites excluding steroid dienone is 1. The van der Waals surface area contributed by atoms with Gasteiger partial charge in [-0.2, -0.15) is 14.6 Å². The molecule has 1 aliphatic carbocycles. The van der Waals surface area contributed by atoms with Gasteiger partial charge in [-0.25, -0.2) is 9.78 Å². The molecule has 3 aliphatic rings. The SMILES string of the molecule is COC1=C2CN(C(=O)OCCCCN)CCC2=CC([C@H]2CCCN2c2ccnc3ncnn23)C1. The Morgan fingerprint density at radius 1 is 1.26 bits per heavy atom. The Kier molecular flexibility index (Phi) is 6.66. The van der Waals surface area contributed by atoms with Crippen molar-refractivity contribution in [1.82, 2.24) is 24.5 Å². The second-order valence-electron chi connectivity index (χ2n) is 9.13. The number of fused-ring (bicyclic) bond motifs is 2. The van der Waals surface area contributed by atoms with E-state index in [0.717, 1.165) is 62.2 Å². The lowest BCUT2D eigenvalue weighted by atomic mass is 9.81. The Labute approximate surface area is 199 Å². The van der Waals surface area contributed by atoms with Crippen LogP contribution in [0, 0.1) is 5.92 Å². The van der Waals surface area contributed by atoms with Crippen molar-refractivity contribution in [3.8, 4) is 0 Å². The fourth-order valence-electron chi connectivity index (χ4n) is 5.46. The fourth-order valence-corrected chi connectivity index (χ4v) is 5.46. The zero-order valence-corrected chi connectivity index (χ0v) is 19.7. The van der Waals surface area contributed by atoms with Gasteiger partial charge in [0.2, 0.25) is 0 Å². The molecule has 2 aromatic rings. The summed E-state index contributed by atoms with van der Waals surface area (Å²) in [7, 11) is 1.74. The molecule has 2 aliphatic heterocycles. The van der Waals surface area contributed by atoms with Gasteiger partial charge in [-0.15, -0.1) is 0 Å². The Hall–Kier alpha value is -3.14. The first-order valence-electron chi connectivity index (χ1n) is 12.2. The van der Waals surface area contributed by atoms with Crippen LogP contribution in [0.25, 0.3) is 5.78 Å². The molecule has 2 aromatic heterocycles. The van der Waals surface area contributed by atoms with Crippen LogP contribution in [0.1, 0.15) is 38.5 Å². The van der Waals surface area contributed by atoms with E-state index in [1.807, 2.05) is 10.6 Å². The van der Waals surface area contributed by atoms with Gasteiger partial charge in [0, 0.05) is 43.2 Å². The molecular formula is C24H33N7O3. The predicted molar refractivity (Wildman–Crippen MR) is 127 cm³/mol. The number of nitrogens with two attached hydrogens (primary N) is 1. The molecule has 1 amide bonds. The molecule has 10 heteroatoms. The van der Waals surface area contributed by atoms with Crippen LogP contribution in [0.3, 0.4) is 0 Å². The summed E-state index contributed by atoms with van der Waals surface area (Å²) in [6.07, 6.45) is 11.1. The van der Waals surface area contributed by atoms with Gasteiger partial charge < -0.3 is 25.0 Å². The molecule has 0 spiro atoms. The predicted octanol–water partition coefficient (Wildman–Crippen LogP) is 2.52. The summed E-state index contributed by atoms with van der Waals surface area (Å²) in [6, 6.07) is 2.37. The third kappa shape index (κ3) is 4.34. The van der Waals surface area contributed by atoms with Crippen LogP contribution in [-0.4, -0.2) is 76.5 Å². The van der Waals surface area contributed by atoms with E-state index in [1.54, 1.807) is 24.5 Å². The molecule has 34 heavy (non-hydrogen) atoms. The molecule has 182 valence electrons. The van der Waals surface area contributed by atoms with Gasteiger partial charge in [-0.1, -0.05) is 6.08 Å². The lowest BCUT2D eigenvalue weighted by Crippen LogP contribution is -2.41. The molecule has 10 nitrogen and oxygen atoms in total. The number of hydrogen-bond acceptors (Lipinski definition) is 8. The highest BCUT2D eigenvalue weighted by Crippen LogP contribution is 2.40. The summed E-state index contributed by atoms with van der Waals surface area (Å²) in [5, 5.41) is 4.39. The summed E-state index contributed by atoms with van der Waals surface area (Å²) < 4.78 is 13.2. The maximum Gasteiger partial charge on any atom is 0.410 e. The van der Waals surface area contributed by atoms with Crippen molar-refractivity contribution in [2.75, 3.05) is 44.8 Å². The van der Waals surface area contributed by atoms with Crippen LogP contribution < -0.4 is 10.6 Å². The van der Waals surface area contributed by atoms with Gasteiger partial charge >= 0.3 is 6.09 Å². The number of likely N-dealkylation sites (tertiary alicyclic amines) is 1. The Bertz CT molecular complexity index is 1100. The number of hydrogen-bond donors (Lipinski definition) is 1. The molecule has 5 rings (SSSR count). The lowest BCUT2D eigenvalue weighted by molar-refractivity contribution is 0.101. The number of nitrogens with zero attached hydrogens (tertiary/aromatic N) is 6. The number of piperidine rings is 1. The van der Waals surface area contributed by atoms with Crippen LogP contribution in [0.15, 0.2) is 41.6 Å². The summed E-state index contributed by atoms with van der Waals surface area (Å²) in [4.78, 5) is 25.3. The minimum absolute atomic E-state index is 0.252. The number of rotatable bonds is 7. The first kappa shape index (κ1) is 22.6. The maximum atomic E-state index is 12.6. The molecule has 1 unspecified atom stereocenters. The summed E-state index contributed by atoms with van der Waals surface area (Å²) in [5.41, 5.74) is 7.95. The van der Waals surface area contributed by atoms with Crippen molar-refractivity contribution >= 4 is 17.7 Å². The molecule has 0 aromatic carbocycles. The van der Waals surface area contributed by atoms with Crippen LogP contribution in [0.4, 0.5) is 10.6 Å². The first-order valence-corrected chi connectivity index (χ1v) is 12.2. The standard InChI is InChI=1S/C24H33N7O3/c1-33-21-14-18(13-17-7-11-29(15-19(17)21)24(32)34-12-3-2-8-25)20-5-4-10-30(20)22-6-9-26-23-27-16-28-31(22)23/h6,9,13,16,18,20H,2-5,7-8,10-12,14-15,25H2,1H3/t18?,20-/m1/s1. The van der Waals surface area contributed by atoms with Crippen molar-refractivity contribution in [3.63, 3.8) is 0 Å². The highest BCUT2D eigenvalue weighted by atomic mass is 16.6. The van der Waals surface area contributed by atoms with E-state index in [9.17, 15) is 4.79 Å². The minimum Gasteiger partial charge on any atom is -0.501 e. The Balaban J connectivity index is 1.31. The summed E-state index contributed by atoms with van der Waals surface area (Å²) >= 11 is 0. The van der Waals surface area contributed by atoms with Crippen molar-refractivity contribution in [3.05, 3.63) is 41.6 Å². The molecule has 2 atom stereocenters. The number of carbonyl (C=O) groups is 1. The number of ether oxygens (including phenoxy) is 2. The number of anilines is 1. The van der Waals surface area contributed by atoms with E-state index >= 15 is 0 Å². The topological polar surface area (TPSA) is 111 Å². The van der Waals surface area contributed by atoms with E-state index < -0.39 is 0 Å². The normalized spacial score (nSPS) is 22.7. The number of aromatic nitrogens is 4. The van der Waals surface area contributed by atoms with Crippen LogP contribution in [0.5, 0.6) is 0 Å². The molecule has 0 bridgehead atoms. The summed E-state index contributed by atoms with van der Waals surface area (Å²) in [6.45, 7) is 3.21. The van der Waals surface area contributed by atoms with Crippen LogP contribution in [0.2, 0.25) is 0 Å². The number of unbranched alkanes of at least 4 members (excludes halogenated alkanes) is 1. The number of methoxy groups -OCH3 is 1. The van der Waals surface area contributed by atoms with Crippen molar-refractivity contribution in [1.29, 1.82) is 0 Å². The molecule has 2 saturated heterocycles. The van der Waals surface area contributed by atoms with Crippen molar-refractivity contribution in [2.24, 2.45) is 11.7 Å². The smallest absolute Gasteiger partial charge is 0.410 e. The maximum absolute atomic E-state index is 12.6. The number of carbonyl (C=O) groups excluding carboxylic acids is 1. The molecule has 0 saturated carbocycles. The van der Waals surface area contributed by atoms with Crippen LogP contribution in [-0.2, 0) is 9.47 Å². The Morgan fingerprint density at radius 2 is 2.18 bits per heavy atom.